The summed E-state index contributed by atoms with van der Waals surface area (Å²) in [4.78, 5) is 0. The van der Waals surface area contributed by atoms with Crippen molar-refractivity contribution >= 4 is 17.8 Å². The third-order valence-corrected chi connectivity index (χ3v) is 7.87. The van der Waals surface area contributed by atoms with Crippen molar-refractivity contribution in [3.05, 3.63) is 109 Å². The average molecular weight is 348 g/mol. The van der Waals surface area contributed by atoms with Gasteiger partial charge in [-0.2, -0.15) is 0 Å². The first kappa shape index (κ1) is 17.4. The zero-order valence-corrected chi connectivity index (χ0v) is 14.8. The third-order valence-electron chi connectivity index (χ3n) is 4.41. The van der Waals surface area contributed by atoms with Crippen LogP contribution in [0, 0.1) is 0 Å². The number of aliphatic hydroxyl groups is 1. The normalized spacial score (nSPS) is 13.8. The molecule has 0 saturated heterocycles. The van der Waals surface area contributed by atoms with E-state index in [1.165, 1.54) is 0 Å². The lowest BCUT2D eigenvalue weighted by Crippen LogP contribution is -2.29. The fourth-order valence-corrected chi connectivity index (χ4v) is 6.20. The maximum atomic E-state index is 14.3. The third kappa shape index (κ3) is 3.37. The number of benzene rings is 3. The molecule has 3 heteroatoms. The van der Waals surface area contributed by atoms with E-state index in [2.05, 4.69) is 6.58 Å². The van der Waals surface area contributed by atoms with Gasteiger partial charge in [0.1, 0.15) is 0 Å². The highest BCUT2D eigenvalue weighted by atomic mass is 31.2. The molecule has 3 aromatic rings. The topological polar surface area (TPSA) is 37.3 Å². The van der Waals surface area contributed by atoms with Gasteiger partial charge in [-0.3, -0.25) is 0 Å². The molecule has 3 rings (SSSR count). The van der Waals surface area contributed by atoms with Gasteiger partial charge in [-0.05, 0) is 5.56 Å². The highest BCUT2D eigenvalue weighted by molar-refractivity contribution is 7.79. The molecule has 0 spiro atoms. The van der Waals surface area contributed by atoms with Crippen LogP contribution in [0.3, 0.4) is 0 Å². The standard InChI is InChI=1S/C22H21O2P/c1-2-21(22(23)18-12-6-3-7-13-18)25(24,19-14-8-4-9-15-19)20-16-10-5-11-17-20/h2-17,21-23H,1H2/t21-,22+/m1/s1. The number of aliphatic hydroxyl groups excluding tert-OH is 1. The van der Waals surface area contributed by atoms with Crippen LogP contribution < -0.4 is 10.6 Å². The lowest BCUT2D eigenvalue weighted by molar-refractivity contribution is 0.184. The first-order valence-corrected chi connectivity index (χ1v) is 10.0. The zero-order valence-electron chi connectivity index (χ0n) is 13.9. The van der Waals surface area contributed by atoms with Crippen LogP contribution in [0.1, 0.15) is 11.7 Å². The Morgan fingerprint density at radius 3 is 1.56 bits per heavy atom. The van der Waals surface area contributed by atoms with E-state index in [1.54, 1.807) is 6.08 Å². The highest BCUT2D eigenvalue weighted by Gasteiger charge is 2.39. The van der Waals surface area contributed by atoms with E-state index in [-0.39, 0.29) is 0 Å². The minimum atomic E-state index is -3.12. The molecular weight excluding hydrogens is 327 g/mol. The van der Waals surface area contributed by atoms with Gasteiger partial charge in [0.25, 0.3) is 0 Å². The van der Waals surface area contributed by atoms with E-state index in [1.807, 2.05) is 91.0 Å². The summed E-state index contributed by atoms with van der Waals surface area (Å²) in [5, 5.41) is 12.4. The number of hydrogen-bond acceptors (Lipinski definition) is 2. The Balaban J connectivity index is 2.17. The van der Waals surface area contributed by atoms with Gasteiger partial charge >= 0.3 is 0 Å². The van der Waals surface area contributed by atoms with E-state index < -0.39 is 18.9 Å². The first-order valence-electron chi connectivity index (χ1n) is 8.24. The van der Waals surface area contributed by atoms with E-state index in [9.17, 15) is 9.67 Å². The van der Waals surface area contributed by atoms with Gasteiger partial charge in [-0.25, -0.2) is 0 Å². The molecular formula is C22H21O2P. The second kappa shape index (κ2) is 7.65. The molecule has 126 valence electrons. The van der Waals surface area contributed by atoms with Crippen molar-refractivity contribution in [3.63, 3.8) is 0 Å². The fourth-order valence-electron chi connectivity index (χ4n) is 3.12. The Bertz CT molecular complexity index is 817. The van der Waals surface area contributed by atoms with Crippen LogP contribution in [0.25, 0.3) is 0 Å². The van der Waals surface area contributed by atoms with Gasteiger partial charge < -0.3 is 9.67 Å². The van der Waals surface area contributed by atoms with Crippen molar-refractivity contribution in [2.45, 2.75) is 11.8 Å². The lowest BCUT2D eigenvalue weighted by atomic mass is 10.1. The van der Waals surface area contributed by atoms with Crippen LogP contribution >= 0.6 is 7.14 Å². The molecule has 0 aliphatic heterocycles. The molecule has 25 heavy (non-hydrogen) atoms. The minimum absolute atomic E-state index is 0.611. The van der Waals surface area contributed by atoms with Crippen LogP contribution in [-0.2, 0) is 4.57 Å². The van der Waals surface area contributed by atoms with E-state index in [0.717, 1.165) is 16.2 Å². The summed E-state index contributed by atoms with van der Waals surface area (Å²) < 4.78 is 14.3. The van der Waals surface area contributed by atoms with Crippen LogP contribution in [-0.4, -0.2) is 10.8 Å². The van der Waals surface area contributed by atoms with Crippen LogP contribution in [0.4, 0.5) is 0 Å². The van der Waals surface area contributed by atoms with Crippen LogP contribution in [0.2, 0.25) is 0 Å². The lowest BCUT2D eigenvalue weighted by Gasteiger charge is -2.30. The molecule has 0 heterocycles. The van der Waals surface area contributed by atoms with Gasteiger partial charge in [0.15, 0.2) is 7.14 Å². The van der Waals surface area contributed by atoms with Crippen molar-refractivity contribution in [2.75, 3.05) is 0 Å². The summed E-state index contributed by atoms with van der Waals surface area (Å²) in [5.74, 6) is 0. The van der Waals surface area contributed by atoms with Gasteiger partial charge in [-0.1, -0.05) is 97.1 Å². The van der Waals surface area contributed by atoms with Crippen LogP contribution in [0.15, 0.2) is 104 Å². The number of hydrogen-bond donors (Lipinski definition) is 1. The second-order valence-corrected chi connectivity index (χ2v) is 8.86. The molecule has 0 aliphatic carbocycles. The van der Waals surface area contributed by atoms with E-state index >= 15 is 0 Å². The summed E-state index contributed by atoms with van der Waals surface area (Å²) >= 11 is 0. The van der Waals surface area contributed by atoms with E-state index in [0.29, 0.717) is 0 Å². The molecule has 2 atom stereocenters. The van der Waals surface area contributed by atoms with Crippen molar-refractivity contribution in [3.8, 4) is 0 Å². The molecule has 0 radical (unpaired) electrons. The first-order chi connectivity index (χ1) is 12.2. The molecule has 2 nitrogen and oxygen atoms in total. The van der Waals surface area contributed by atoms with Crippen molar-refractivity contribution in [2.24, 2.45) is 0 Å². The Morgan fingerprint density at radius 1 is 0.760 bits per heavy atom. The van der Waals surface area contributed by atoms with Crippen molar-refractivity contribution in [1.29, 1.82) is 0 Å². The SMILES string of the molecule is C=C[C@H]([C@@H](O)c1ccccc1)P(=O)(c1ccccc1)c1ccccc1. The molecule has 1 N–H and O–H groups in total. The molecule has 0 amide bonds. The van der Waals surface area contributed by atoms with E-state index in [4.69, 9.17) is 0 Å². The second-order valence-electron chi connectivity index (χ2n) is 5.91. The maximum Gasteiger partial charge on any atom is 0.152 e. The molecule has 0 aromatic heterocycles. The smallest absolute Gasteiger partial charge is 0.152 e. The van der Waals surface area contributed by atoms with Gasteiger partial charge in [0.2, 0.25) is 0 Å². The Kier molecular flexibility index (Phi) is 5.33. The Hall–Kier alpha value is -2.41. The van der Waals surface area contributed by atoms with Gasteiger partial charge in [0.05, 0.1) is 11.8 Å². The quantitative estimate of drug-likeness (QED) is 0.533. The van der Waals surface area contributed by atoms with Crippen molar-refractivity contribution in [1.82, 2.24) is 0 Å². The fraction of sp³-hybridized carbons (Fsp3) is 0.0909. The predicted molar refractivity (Wildman–Crippen MR) is 105 cm³/mol. The molecule has 0 saturated carbocycles. The molecule has 0 aliphatic rings. The summed E-state index contributed by atoms with van der Waals surface area (Å²) in [6, 6.07) is 28.1. The van der Waals surface area contributed by atoms with Gasteiger partial charge in [-0.15, -0.1) is 6.58 Å². The summed E-state index contributed by atoms with van der Waals surface area (Å²) in [5.41, 5.74) is 0.124. The summed E-state index contributed by atoms with van der Waals surface area (Å²) in [6.45, 7) is 3.89. The molecule has 0 fully saturated rings. The van der Waals surface area contributed by atoms with Gasteiger partial charge in [0, 0.05) is 10.6 Å². The molecule has 0 unspecified atom stereocenters. The predicted octanol–water partition coefficient (Wildman–Crippen LogP) is 4.29. The van der Waals surface area contributed by atoms with Crippen molar-refractivity contribution < 1.29 is 9.67 Å². The molecule has 0 bridgehead atoms. The highest BCUT2D eigenvalue weighted by Crippen LogP contribution is 2.53. The molecule has 3 aromatic carbocycles. The monoisotopic (exact) mass is 348 g/mol. The number of rotatable bonds is 6. The average Bonchev–Trinajstić information content (AvgIpc) is 2.70. The minimum Gasteiger partial charge on any atom is -0.387 e. The summed E-state index contributed by atoms with van der Waals surface area (Å²) in [6.07, 6.45) is 0.725. The largest absolute Gasteiger partial charge is 0.387 e. The Morgan fingerprint density at radius 2 is 1.16 bits per heavy atom. The maximum absolute atomic E-state index is 14.3. The summed E-state index contributed by atoms with van der Waals surface area (Å²) in [7, 11) is -3.12. The van der Waals surface area contributed by atoms with Crippen LogP contribution in [0.5, 0.6) is 0 Å². The zero-order chi connectivity index (χ0) is 17.7. The Labute approximate surface area is 148 Å².